The van der Waals surface area contributed by atoms with Gasteiger partial charge in [-0.15, -0.1) is 0 Å². The fourth-order valence-corrected chi connectivity index (χ4v) is 9.11. The maximum atomic E-state index is 16.3. The van der Waals surface area contributed by atoms with E-state index in [-0.39, 0.29) is 52.6 Å². The number of amides is 2. The standard InChI is InChI=1S/C29H41FN7O8P.C17H25FN6O4/c1-16(2)25(39)34-28-32-23(36(7)8)21-24(33-28)37(15-31-21)27-29(6,30)22(38)20(44-27)14-42-46(41,45-19-12-10-9-11-13-19)35-18(5)26(40)43-17(3)4;1-8(2)14(27)22-16-20-12(23(4)5)10-13(21-16)24(7-19-10)15-17(3,18)11(26)9(6-25)28-15/h9-13,15-18,20,22,27,38H,14H2,1-8H3,(H,35,41)(H,32,33,34,39);7-9,11,15,25-26H,6H2,1-5H3,(H,20,21,22,27)/t18-,20+,22+,27+,29+,46-;9-,11-,15-,17-/m01/s1. The van der Waals surface area contributed by atoms with Crippen LogP contribution in [0, 0.1) is 11.8 Å². The minimum atomic E-state index is -4.33. The van der Waals surface area contributed by atoms with Crippen LogP contribution in [-0.4, -0.2) is 161 Å². The number of esters is 1. The number of anilines is 4. The van der Waals surface area contributed by atoms with E-state index in [0.717, 1.165) is 6.92 Å². The minimum Gasteiger partial charge on any atom is -0.462 e. The quantitative estimate of drug-likeness (QED) is 0.0532. The van der Waals surface area contributed by atoms with E-state index in [4.69, 9.17) is 23.3 Å². The highest BCUT2D eigenvalue weighted by Crippen LogP contribution is 2.48. The Morgan fingerprint density at radius 3 is 1.61 bits per heavy atom. The van der Waals surface area contributed by atoms with E-state index in [9.17, 15) is 34.3 Å². The number of para-hydroxylation sites is 1. The number of alkyl halides is 2. The molecule has 2 saturated heterocycles. The Balaban J connectivity index is 0.000000271. The highest BCUT2D eigenvalue weighted by atomic mass is 31.2. The lowest BCUT2D eigenvalue weighted by Gasteiger charge is -2.25. The van der Waals surface area contributed by atoms with Crippen molar-refractivity contribution in [3.8, 4) is 5.75 Å². The fourth-order valence-electron chi connectivity index (χ4n) is 7.61. The lowest BCUT2D eigenvalue weighted by atomic mass is 9.98. The van der Waals surface area contributed by atoms with Gasteiger partial charge in [-0.05, 0) is 46.8 Å². The van der Waals surface area contributed by atoms with Crippen molar-refractivity contribution < 1.29 is 66.3 Å². The molecule has 0 saturated carbocycles. The number of aromatic nitrogens is 8. The Hall–Kier alpha value is -6.06. The number of ether oxygens (including phenoxy) is 3. The van der Waals surface area contributed by atoms with Gasteiger partial charge in [-0.1, -0.05) is 45.9 Å². The molecular formula is C46H66F2N13O12P. The van der Waals surface area contributed by atoms with Gasteiger partial charge < -0.3 is 43.9 Å². The van der Waals surface area contributed by atoms with Crippen LogP contribution in [0.1, 0.15) is 74.8 Å². The van der Waals surface area contributed by atoms with Crippen LogP contribution in [0.25, 0.3) is 22.3 Å². The Bertz CT molecular complexity index is 2830. The zero-order chi connectivity index (χ0) is 54.8. The summed E-state index contributed by atoms with van der Waals surface area (Å²) in [6, 6.07) is 7.00. The molecule has 6 heterocycles. The molecule has 2 aliphatic rings. The highest BCUT2D eigenvalue weighted by Gasteiger charge is 2.57. The summed E-state index contributed by atoms with van der Waals surface area (Å²) >= 11 is 0. The number of hydrogen-bond acceptors (Lipinski definition) is 20. The molecule has 2 amide bonds. The lowest BCUT2D eigenvalue weighted by Crippen LogP contribution is -2.41. The summed E-state index contributed by atoms with van der Waals surface area (Å²) in [4.78, 5) is 66.4. The smallest absolute Gasteiger partial charge is 0.459 e. The lowest BCUT2D eigenvalue weighted by molar-refractivity contribution is -0.149. The second-order valence-corrected chi connectivity index (χ2v) is 21.1. The predicted molar refractivity (Wildman–Crippen MR) is 267 cm³/mol. The third-order valence-corrected chi connectivity index (χ3v) is 13.4. The van der Waals surface area contributed by atoms with Gasteiger partial charge in [0.2, 0.25) is 23.7 Å². The first-order valence-electron chi connectivity index (χ1n) is 23.7. The summed E-state index contributed by atoms with van der Waals surface area (Å²) in [5, 5.41) is 38.4. The van der Waals surface area contributed by atoms with Gasteiger partial charge in [0.25, 0.3) is 0 Å². The van der Waals surface area contributed by atoms with E-state index in [1.165, 1.54) is 47.8 Å². The number of nitrogens with one attached hydrogen (secondary N) is 3. The Morgan fingerprint density at radius 2 is 1.20 bits per heavy atom. The molecule has 406 valence electrons. The molecule has 7 rings (SSSR count). The van der Waals surface area contributed by atoms with Gasteiger partial charge in [0, 0.05) is 40.0 Å². The van der Waals surface area contributed by atoms with Crippen LogP contribution in [0.5, 0.6) is 5.75 Å². The van der Waals surface area contributed by atoms with E-state index in [0.29, 0.717) is 22.7 Å². The van der Waals surface area contributed by atoms with Crippen molar-refractivity contribution in [3.05, 3.63) is 43.0 Å². The van der Waals surface area contributed by atoms with Crippen molar-refractivity contribution in [1.82, 2.24) is 44.1 Å². The zero-order valence-corrected chi connectivity index (χ0v) is 44.3. The molecule has 0 aliphatic carbocycles. The van der Waals surface area contributed by atoms with Gasteiger partial charge in [-0.3, -0.25) is 38.7 Å². The molecule has 2 fully saturated rings. The molecular weight excluding hydrogens is 996 g/mol. The van der Waals surface area contributed by atoms with E-state index < -0.39 is 87.3 Å². The summed E-state index contributed by atoms with van der Waals surface area (Å²) in [6.07, 6.45) is -6.22. The summed E-state index contributed by atoms with van der Waals surface area (Å²) in [5.74, 6) is -0.923. The molecule has 25 nitrogen and oxygen atoms in total. The molecule has 6 N–H and O–H groups in total. The van der Waals surface area contributed by atoms with Crippen molar-refractivity contribution in [3.63, 3.8) is 0 Å². The molecule has 0 bridgehead atoms. The number of nitrogens with zero attached hydrogens (tertiary/aromatic N) is 10. The number of imidazole rings is 2. The molecule has 0 spiro atoms. The Kier molecular flexibility index (Phi) is 17.6. The van der Waals surface area contributed by atoms with E-state index in [2.05, 4.69) is 45.6 Å². The third-order valence-electron chi connectivity index (χ3n) is 11.7. The van der Waals surface area contributed by atoms with Crippen molar-refractivity contribution in [2.75, 3.05) is 61.8 Å². The number of carbonyl (C=O) groups is 3. The van der Waals surface area contributed by atoms with Gasteiger partial charge in [0.05, 0.1) is 32.0 Å². The zero-order valence-electron chi connectivity index (χ0n) is 43.4. The SMILES string of the molecule is CC(C)C(=O)Nc1nc(N(C)C)c2ncn([C@@H]3O[C@H](CO)[C@@H](O)[C@@]3(C)F)c2n1.CC(C)OC(=O)[C@H](C)N[P@](=O)(OC[C@H]1O[C@@H](n2cnc3c(N(C)C)nc(NC(=O)C(C)C)nc32)[C@](C)(F)[C@@H]1O)Oc1ccccc1. The molecule has 28 heteroatoms. The molecule has 0 unspecified atom stereocenters. The van der Waals surface area contributed by atoms with Crippen LogP contribution in [0.4, 0.5) is 32.3 Å². The van der Waals surface area contributed by atoms with Crippen LogP contribution >= 0.6 is 7.75 Å². The summed E-state index contributed by atoms with van der Waals surface area (Å²) < 4.78 is 76.1. The van der Waals surface area contributed by atoms with Crippen molar-refractivity contribution in [1.29, 1.82) is 0 Å². The Labute approximate surface area is 425 Å². The monoisotopic (exact) mass is 1060 g/mol. The number of fused-ring (bicyclic) bond motifs is 2. The molecule has 1 aromatic carbocycles. The first-order valence-corrected chi connectivity index (χ1v) is 25.2. The first-order chi connectivity index (χ1) is 34.6. The number of aliphatic hydroxyl groups excluding tert-OH is 3. The van der Waals surface area contributed by atoms with Crippen LogP contribution in [0.2, 0.25) is 0 Å². The number of halogens is 2. The van der Waals surface area contributed by atoms with Gasteiger partial charge in [-0.2, -0.15) is 25.0 Å². The van der Waals surface area contributed by atoms with E-state index in [1.807, 2.05) is 0 Å². The Morgan fingerprint density at radius 1 is 0.757 bits per heavy atom. The van der Waals surface area contributed by atoms with Crippen LogP contribution in [-0.2, 0) is 37.7 Å². The average Bonchev–Trinajstić information content (AvgIpc) is 4.05. The number of carbonyl (C=O) groups excluding carboxylic acids is 3. The largest absolute Gasteiger partial charge is 0.462 e. The molecule has 74 heavy (non-hydrogen) atoms. The molecule has 0 radical (unpaired) electrons. The molecule has 4 aromatic heterocycles. The highest BCUT2D eigenvalue weighted by molar-refractivity contribution is 7.52. The second kappa shape index (κ2) is 22.8. The molecule has 2 aliphatic heterocycles. The van der Waals surface area contributed by atoms with Crippen LogP contribution in [0.15, 0.2) is 43.0 Å². The number of hydrogen-bond donors (Lipinski definition) is 6. The topological polar surface area (TPSA) is 305 Å². The van der Waals surface area contributed by atoms with Gasteiger partial charge in [-0.25, -0.2) is 23.3 Å². The van der Waals surface area contributed by atoms with Gasteiger partial charge >= 0.3 is 13.7 Å². The summed E-state index contributed by atoms with van der Waals surface area (Å²) in [5.41, 5.74) is -3.55. The van der Waals surface area contributed by atoms with Crippen LogP contribution < -0.4 is 30.0 Å². The average molecular weight is 1060 g/mol. The molecule has 10 atom stereocenters. The third kappa shape index (κ3) is 12.4. The van der Waals surface area contributed by atoms with Gasteiger partial charge in [0.15, 0.2) is 57.8 Å². The maximum Gasteiger partial charge on any atom is 0.459 e. The van der Waals surface area contributed by atoms with Crippen LogP contribution in [0.3, 0.4) is 0 Å². The van der Waals surface area contributed by atoms with Crippen molar-refractivity contribution in [2.45, 2.75) is 123 Å². The summed E-state index contributed by atoms with van der Waals surface area (Å²) in [7, 11) is 2.63. The van der Waals surface area contributed by atoms with Gasteiger partial charge in [0.1, 0.15) is 36.2 Å². The van der Waals surface area contributed by atoms with E-state index >= 15 is 8.78 Å². The van der Waals surface area contributed by atoms with Crippen molar-refractivity contribution in [2.24, 2.45) is 11.8 Å². The summed E-state index contributed by atoms with van der Waals surface area (Å²) in [6.45, 7) is 12.9. The van der Waals surface area contributed by atoms with E-state index in [1.54, 1.807) is 97.7 Å². The minimum absolute atomic E-state index is 0.0224. The number of aliphatic hydroxyl groups is 3. The van der Waals surface area contributed by atoms with Crippen molar-refractivity contribution >= 4 is 71.4 Å². The maximum absolute atomic E-state index is 16.3. The normalized spacial score (nSPS) is 24.9. The predicted octanol–water partition coefficient (Wildman–Crippen LogP) is 4.07. The second-order valence-electron chi connectivity index (χ2n) is 19.4. The number of benzene rings is 1. The first kappa shape index (κ1) is 57.2. The number of rotatable bonds is 18. The molecule has 5 aromatic rings. The fraction of sp³-hybridized carbons (Fsp3) is 0.587.